The van der Waals surface area contributed by atoms with E-state index in [0.717, 1.165) is 0 Å². The molecule has 1 rings (SSSR count). The first-order chi connectivity index (χ1) is 9.90. The molecule has 0 unspecified atom stereocenters. The summed E-state index contributed by atoms with van der Waals surface area (Å²) in [5.41, 5.74) is 0.648. The number of hydrogen-bond acceptors (Lipinski definition) is 4. The number of methoxy groups -OCH3 is 1. The van der Waals surface area contributed by atoms with E-state index in [0.29, 0.717) is 18.8 Å². The average Bonchev–Trinajstić information content (AvgIpc) is 2.41. The van der Waals surface area contributed by atoms with Crippen LogP contribution in [0.1, 0.15) is 5.56 Å². The van der Waals surface area contributed by atoms with Crippen molar-refractivity contribution in [3.05, 3.63) is 29.8 Å². The zero-order valence-corrected chi connectivity index (χ0v) is 11.4. The van der Waals surface area contributed by atoms with Gasteiger partial charge in [-0.3, -0.25) is 4.79 Å². The molecule has 1 aromatic rings. The van der Waals surface area contributed by atoms with Crippen molar-refractivity contribution >= 4 is 5.91 Å². The summed E-state index contributed by atoms with van der Waals surface area (Å²) < 4.78 is 49.4. The number of benzene rings is 1. The van der Waals surface area contributed by atoms with Gasteiger partial charge in [0.1, 0.15) is 12.4 Å². The first-order valence-electron chi connectivity index (χ1n) is 6.09. The zero-order valence-electron chi connectivity index (χ0n) is 11.4. The summed E-state index contributed by atoms with van der Waals surface area (Å²) in [5.74, 6) is -0.623. The molecule has 0 bridgehead atoms. The summed E-state index contributed by atoms with van der Waals surface area (Å²) in [4.78, 5) is 11.4. The fourth-order valence-electron chi connectivity index (χ4n) is 1.37. The highest BCUT2D eigenvalue weighted by Gasteiger charge is 2.30. The molecule has 8 heteroatoms. The summed E-state index contributed by atoms with van der Waals surface area (Å²) in [5, 5.41) is 2.58. The van der Waals surface area contributed by atoms with E-state index in [1.807, 2.05) is 0 Å². The Morgan fingerprint density at radius 3 is 2.43 bits per heavy atom. The highest BCUT2D eigenvalue weighted by Crippen LogP contribution is 2.22. The van der Waals surface area contributed by atoms with Crippen molar-refractivity contribution in [1.29, 1.82) is 0 Å². The van der Waals surface area contributed by atoms with Crippen LogP contribution in [0.4, 0.5) is 13.2 Å². The molecule has 0 aromatic heterocycles. The standard InChI is InChI=1S/C13H16F3NO4/c1-19-6-7-20-9-12(18)17-8-10-2-4-11(5-3-10)21-13(14,15)16/h2-5H,6-9H2,1H3,(H,17,18). The van der Waals surface area contributed by atoms with Crippen LogP contribution in [0.25, 0.3) is 0 Å². The highest BCUT2D eigenvalue weighted by atomic mass is 19.4. The molecule has 0 saturated carbocycles. The molecule has 21 heavy (non-hydrogen) atoms. The normalized spacial score (nSPS) is 11.2. The average molecular weight is 307 g/mol. The number of hydrogen-bond donors (Lipinski definition) is 1. The van der Waals surface area contributed by atoms with E-state index in [1.54, 1.807) is 0 Å². The number of ether oxygens (including phenoxy) is 3. The minimum atomic E-state index is -4.71. The molecule has 118 valence electrons. The number of carbonyl (C=O) groups is 1. The Bertz CT molecular complexity index is 434. The van der Waals surface area contributed by atoms with Crippen molar-refractivity contribution in [2.75, 3.05) is 26.9 Å². The van der Waals surface area contributed by atoms with Crippen LogP contribution < -0.4 is 10.1 Å². The first-order valence-corrected chi connectivity index (χ1v) is 6.09. The predicted octanol–water partition coefficient (Wildman–Crippen LogP) is 1.86. The van der Waals surface area contributed by atoms with Crippen LogP contribution in [0.5, 0.6) is 5.75 Å². The van der Waals surface area contributed by atoms with Gasteiger partial charge in [-0.2, -0.15) is 0 Å². The molecule has 1 N–H and O–H groups in total. The van der Waals surface area contributed by atoms with E-state index in [2.05, 4.69) is 10.1 Å². The zero-order chi connectivity index (χ0) is 15.7. The Morgan fingerprint density at radius 2 is 1.86 bits per heavy atom. The second-order valence-electron chi connectivity index (χ2n) is 4.01. The summed E-state index contributed by atoms with van der Waals surface area (Å²) in [6.07, 6.45) is -4.71. The second kappa shape index (κ2) is 8.48. The molecule has 0 aliphatic rings. The molecule has 0 radical (unpaired) electrons. The SMILES string of the molecule is COCCOCC(=O)NCc1ccc(OC(F)(F)F)cc1. The summed E-state index contributed by atoms with van der Waals surface area (Å²) >= 11 is 0. The van der Waals surface area contributed by atoms with E-state index < -0.39 is 6.36 Å². The molecule has 0 aliphatic carbocycles. The van der Waals surface area contributed by atoms with Crippen LogP contribution in [0.15, 0.2) is 24.3 Å². The van der Waals surface area contributed by atoms with Crippen molar-refractivity contribution in [3.8, 4) is 5.75 Å². The summed E-state index contributed by atoms with van der Waals surface area (Å²) in [7, 11) is 1.52. The monoisotopic (exact) mass is 307 g/mol. The van der Waals surface area contributed by atoms with E-state index in [4.69, 9.17) is 9.47 Å². The van der Waals surface area contributed by atoms with E-state index in [9.17, 15) is 18.0 Å². The Kier molecular flexibility index (Phi) is 6.97. The van der Waals surface area contributed by atoms with Crippen LogP contribution in [0, 0.1) is 0 Å². The number of amides is 1. The maximum atomic E-state index is 12.0. The number of carbonyl (C=O) groups excluding carboxylic acids is 1. The molecule has 0 spiro atoms. The Morgan fingerprint density at radius 1 is 1.19 bits per heavy atom. The van der Waals surface area contributed by atoms with Crippen LogP contribution in [-0.2, 0) is 20.8 Å². The van der Waals surface area contributed by atoms with Gasteiger partial charge in [0.05, 0.1) is 13.2 Å². The highest BCUT2D eigenvalue weighted by molar-refractivity contribution is 5.77. The fraction of sp³-hybridized carbons (Fsp3) is 0.462. The second-order valence-corrected chi connectivity index (χ2v) is 4.01. The molecule has 0 aliphatic heterocycles. The smallest absolute Gasteiger partial charge is 0.406 e. The molecular formula is C13H16F3NO4. The number of nitrogens with one attached hydrogen (secondary N) is 1. The Hall–Kier alpha value is -1.80. The third-order valence-corrected chi connectivity index (χ3v) is 2.31. The molecule has 0 heterocycles. The van der Waals surface area contributed by atoms with Gasteiger partial charge < -0.3 is 19.5 Å². The number of halogens is 3. The van der Waals surface area contributed by atoms with Crippen LogP contribution in [0.3, 0.4) is 0 Å². The lowest BCUT2D eigenvalue weighted by atomic mass is 10.2. The van der Waals surface area contributed by atoms with Gasteiger partial charge in [0.25, 0.3) is 0 Å². The number of rotatable bonds is 8. The predicted molar refractivity (Wildman–Crippen MR) is 67.7 cm³/mol. The molecule has 0 atom stereocenters. The van der Waals surface area contributed by atoms with E-state index in [1.165, 1.54) is 31.4 Å². The molecule has 5 nitrogen and oxygen atoms in total. The Balaban J connectivity index is 2.30. The summed E-state index contributed by atoms with van der Waals surface area (Å²) in [6, 6.07) is 5.24. The Labute approximate surface area is 120 Å². The van der Waals surface area contributed by atoms with Crippen LogP contribution >= 0.6 is 0 Å². The van der Waals surface area contributed by atoms with Crippen molar-refractivity contribution in [1.82, 2.24) is 5.32 Å². The minimum absolute atomic E-state index is 0.0986. The van der Waals surface area contributed by atoms with Gasteiger partial charge in [-0.25, -0.2) is 0 Å². The molecule has 0 saturated heterocycles. The van der Waals surface area contributed by atoms with Gasteiger partial charge in [0.15, 0.2) is 0 Å². The molecule has 1 aromatic carbocycles. The lowest BCUT2D eigenvalue weighted by molar-refractivity contribution is -0.274. The topological polar surface area (TPSA) is 56.8 Å². The third-order valence-electron chi connectivity index (χ3n) is 2.31. The molecule has 1 amide bonds. The van der Waals surface area contributed by atoms with Crippen molar-refractivity contribution in [3.63, 3.8) is 0 Å². The van der Waals surface area contributed by atoms with Crippen LogP contribution in [-0.4, -0.2) is 39.2 Å². The fourth-order valence-corrected chi connectivity index (χ4v) is 1.37. The van der Waals surface area contributed by atoms with Gasteiger partial charge in [0, 0.05) is 13.7 Å². The van der Waals surface area contributed by atoms with E-state index >= 15 is 0 Å². The summed E-state index contributed by atoms with van der Waals surface area (Å²) in [6.45, 7) is 0.804. The number of alkyl halides is 3. The first kappa shape index (κ1) is 17.3. The minimum Gasteiger partial charge on any atom is -0.406 e. The van der Waals surface area contributed by atoms with Gasteiger partial charge >= 0.3 is 6.36 Å². The maximum absolute atomic E-state index is 12.0. The van der Waals surface area contributed by atoms with E-state index in [-0.39, 0.29) is 24.8 Å². The third kappa shape index (κ3) is 8.16. The van der Waals surface area contributed by atoms with Gasteiger partial charge in [-0.1, -0.05) is 12.1 Å². The quantitative estimate of drug-likeness (QED) is 0.745. The lowest BCUT2D eigenvalue weighted by Crippen LogP contribution is -2.27. The van der Waals surface area contributed by atoms with Crippen molar-refractivity contribution < 1.29 is 32.2 Å². The van der Waals surface area contributed by atoms with Crippen LogP contribution in [0.2, 0.25) is 0 Å². The molecule has 0 fully saturated rings. The van der Waals surface area contributed by atoms with Crippen molar-refractivity contribution in [2.45, 2.75) is 12.9 Å². The van der Waals surface area contributed by atoms with Gasteiger partial charge in [-0.15, -0.1) is 13.2 Å². The lowest BCUT2D eigenvalue weighted by Gasteiger charge is -2.10. The molecular weight excluding hydrogens is 291 g/mol. The van der Waals surface area contributed by atoms with Gasteiger partial charge in [-0.05, 0) is 17.7 Å². The largest absolute Gasteiger partial charge is 0.573 e. The maximum Gasteiger partial charge on any atom is 0.573 e. The van der Waals surface area contributed by atoms with Crippen molar-refractivity contribution in [2.24, 2.45) is 0 Å². The van der Waals surface area contributed by atoms with Gasteiger partial charge in [0.2, 0.25) is 5.91 Å².